The highest BCUT2D eigenvalue weighted by molar-refractivity contribution is 7.99. The molecule has 0 fully saturated rings. The van der Waals surface area contributed by atoms with E-state index in [1.807, 2.05) is 30.3 Å². The first-order valence-corrected chi connectivity index (χ1v) is 9.55. The topological polar surface area (TPSA) is 71.1 Å². The fraction of sp³-hybridized carbons (Fsp3) is 0.0952. The van der Waals surface area contributed by atoms with Crippen LogP contribution in [0, 0.1) is 5.82 Å². The molecule has 142 valence electrons. The summed E-state index contributed by atoms with van der Waals surface area (Å²) in [5, 5.41) is 6.17. The van der Waals surface area contributed by atoms with Gasteiger partial charge in [0.15, 0.2) is 0 Å². The van der Waals surface area contributed by atoms with Gasteiger partial charge in [0.05, 0.1) is 16.3 Å². The largest absolute Gasteiger partial charge is 0.351 e. The standard InChI is InChI=1S/C21H18FN3O2S/c22-17-7-9-18(10-8-17)25-21(27)16-6-11-20(24-13-16)28-14-19(26)23-12-15-4-2-1-3-5-15/h1-11,13H,12,14H2,(H,23,26)(H,25,27). The summed E-state index contributed by atoms with van der Waals surface area (Å²) in [4.78, 5) is 28.3. The number of hydrogen-bond acceptors (Lipinski definition) is 4. The monoisotopic (exact) mass is 395 g/mol. The molecule has 28 heavy (non-hydrogen) atoms. The number of aromatic nitrogens is 1. The van der Waals surface area contributed by atoms with Gasteiger partial charge >= 0.3 is 0 Å². The number of carbonyl (C=O) groups excluding carboxylic acids is 2. The molecule has 0 saturated carbocycles. The van der Waals surface area contributed by atoms with Gasteiger partial charge in [-0.2, -0.15) is 0 Å². The molecule has 2 aromatic carbocycles. The molecule has 3 rings (SSSR count). The third-order valence-electron chi connectivity index (χ3n) is 3.78. The van der Waals surface area contributed by atoms with E-state index < -0.39 is 0 Å². The Labute approximate surface area is 166 Å². The van der Waals surface area contributed by atoms with Crippen LogP contribution in [-0.4, -0.2) is 22.6 Å². The third kappa shape index (κ3) is 5.92. The van der Waals surface area contributed by atoms with Crippen molar-refractivity contribution in [1.29, 1.82) is 0 Å². The molecule has 0 aliphatic carbocycles. The molecule has 0 aliphatic heterocycles. The maximum Gasteiger partial charge on any atom is 0.257 e. The summed E-state index contributed by atoms with van der Waals surface area (Å²) in [6.45, 7) is 0.482. The Morgan fingerprint density at radius 3 is 2.39 bits per heavy atom. The van der Waals surface area contributed by atoms with Crippen molar-refractivity contribution >= 4 is 29.3 Å². The van der Waals surface area contributed by atoms with Crippen LogP contribution in [0.5, 0.6) is 0 Å². The fourth-order valence-electron chi connectivity index (χ4n) is 2.32. The number of thioether (sulfide) groups is 1. The number of nitrogens with one attached hydrogen (secondary N) is 2. The molecule has 0 aliphatic rings. The Bertz CT molecular complexity index is 932. The van der Waals surface area contributed by atoms with Crippen molar-refractivity contribution in [2.75, 3.05) is 11.1 Å². The van der Waals surface area contributed by atoms with Gasteiger partial charge in [0.25, 0.3) is 5.91 Å². The highest BCUT2D eigenvalue weighted by atomic mass is 32.2. The molecule has 5 nitrogen and oxygen atoms in total. The summed E-state index contributed by atoms with van der Waals surface area (Å²) in [6, 6.07) is 18.5. The lowest BCUT2D eigenvalue weighted by molar-refractivity contribution is -0.118. The molecule has 2 amide bonds. The van der Waals surface area contributed by atoms with E-state index in [4.69, 9.17) is 0 Å². The predicted molar refractivity (Wildman–Crippen MR) is 108 cm³/mol. The number of rotatable bonds is 7. The van der Waals surface area contributed by atoms with E-state index in [1.165, 1.54) is 42.2 Å². The second-order valence-corrected chi connectivity index (χ2v) is 6.89. The number of amides is 2. The molecule has 0 spiro atoms. The SMILES string of the molecule is O=C(CSc1ccc(C(=O)Nc2ccc(F)cc2)cn1)NCc1ccccc1. The van der Waals surface area contributed by atoms with Crippen LogP contribution in [0.1, 0.15) is 15.9 Å². The van der Waals surface area contributed by atoms with Crippen molar-refractivity contribution < 1.29 is 14.0 Å². The number of hydrogen-bond donors (Lipinski definition) is 2. The Balaban J connectivity index is 1.46. The number of pyridine rings is 1. The highest BCUT2D eigenvalue weighted by Gasteiger charge is 2.08. The van der Waals surface area contributed by atoms with Crippen LogP contribution in [0.3, 0.4) is 0 Å². The highest BCUT2D eigenvalue weighted by Crippen LogP contribution is 2.16. The van der Waals surface area contributed by atoms with E-state index in [-0.39, 0.29) is 23.4 Å². The summed E-state index contributed by atoms with van der Waals surface area (Å²) < 4.78 is 12.9. The van der Waals surface area contributed by atoms with Gasteiger partial charge in [0.2, 0.25) is 5.91 Å². The first kappa shape index (κ1) is 19.6. The minimum Gasteiger partial charge on any atom is -0.351 e. The molecular weight excluding hydrogens is 377 g/mol. The van der Waals surface area contributed by atoms with Crippen LogP contribution in [0.2, 0.25) is 0 Å². The average Bonchev–Trinajstić information content (AvgIpc) is 2.73. The normalized spacial score (nSPS) is 10.3. The number of nitrogens with zero attached hydrogens (tertiary/aromatic N) is 1. The average molecular weight is 395 g/mol. The van der Waals surface area contributed by atoms with Gasteiger partial charge in [0.1, 0.15) is 5.82 Å². The van der Waals surface area contributed by atoms with Gasteiger partial charge in [-0.15, -0.1) is 0 Å². The molecule has 0 radical (unpaired) electrons. The smallest absolute Gasteiger partial charge is 0.257 e. The van der Waals surface area contributed by atoms with Gasteiger partial charge in [-0.05, 0) is 42.0 Å². The minimum atomic E-state index is -0.367. The quantitative estimate of drug-likeness (QED) is 0.596. The van der Waals surface area contributed by atoms with Gasteiger partial charge in [-0.25, -0.2) is 9.37 Å². The Hall–Kier alpha value is -3.19. The van der Waals surface area contributed by atoms with E-state index in [1.54, 1.807) is 12.1 Å². The molecule has 0 saturated heterocycles. The second-order valence-electron chi connectivity index (χ2n) is 5.90. The number of carbonyl (C=O) groups is 2. The third-order valence-corrected chi connectivity index (χ3v) is 4.73. The predicted octanol–water partition coefficient (Wildman–Crippen LogP) is 3.88. The van der Waals surface area contributed by atoms with Crippen LogP contribution in [0.25, 0.3) is 0 Å². The van der Waals surface area contributed by atoms with Gasteiger partial charge in [-0.1, -0.05) is 42.1 Å². The molecule has 1 heterocycles. The van der Waals surface area contributed by atoms with Crippen molar-refractivity contribution in [2.24, 2.45) is 0 Å². The molecule has 1 aromatic heterocycles. The summed E-state index contributed by atoms with van der Waals surface area (Å²) in [7, 11) is 0. The van der Waals surface area contributed by atoms with E-state index in [0.29, 0.717) is 22.8 Å². The first-order chi connectivity index (χ1) is 13.6. The summed E-state index contributed by atoms with van der Waals surface area (Å²) in [5.41, 5.74) is 1.91. The minimum absolute atomic E-state index is 0.0891. The molecule has 2 N–H and O–H groups in total. The number of benzene rings is 2. The number of halogens is 1. The number of anilines is 1. The lowest BCUT2D eigenvalue weighted by atomic mass is 10.2. The molecular formula is C21H18FN3O2S. The molecule has 0 bridgehead atoms. The Morgan fingerprint density at radius 2 is 1.71 bits per heavy atom. The van der Waals surface area contributed by atoms with Crippen LogP contribution < -0.4 is 10.6 Å². The van der Waals surface area contributed by atoms with E-state index in [9.17, 15) is 14.0 Å². The summed E-state index contributed by atoms with van der Waals surface area (Å²) in [5.74, 6) is -0.556. The summed E-state index contributed by atoms with van der Waals surface area (Å²) >= 11 is 1.29. The zero-order chi connectivity index (χ0) is 19.8. The molecule has 0 unspecified atom stereocenters. The van der Waals surface area contributed by atoms with Crippen LogP contribution >= 0.6 is 11.8 Å². The van der Waals surface area contributed by atoms with Crippen LogP contribution in [0.15, 0.2) is 78.0 Å². The fourth-order valence-corrected chi connectivity index (χ4v) is 3.00. The van der Waals surface area contributed by atoms with E-state index in [2.05, 4.69) is 15.6 Å². The van der Waals surface area contributed by atoms with E-state index >= 15 is 0 Å². The summed E-state index contributed by atoms with van der Waals surface area (Å²) in [6.07, 6.45) is 1.45. The van der Waals surface area contributed by atoms with Crippen LogP contribution in [-0.2, 0) is 11.3 Å². The van der Waals surface area contributed by atoms with Crippen molar-refractivity contribution in [3.05, 3.63) is 89.9 Å². The van der Waals surface area contributed by atoms with Gasteiger partial charge in [-0.3, -0.25) is 9.59 Å². The molecule has 0 atom stereocenters. The maximum absolute atomic E-state index is 12.9. The molecule has 7 heteroatoms. The lowest BCUT2D eigenvalue weighted by Crippen LogP contribution is -2.24. The zero-order valence-corrected chi connectivity index (χ0v) is 15.7. The van der Waals surface area contributed by atoms with Crippen molar-refractivity contribution in [2.45, 2.75) is 11.6 Å². The lowest BCUT2D eigenvalue weighted by Gasteiger charge is -2.07. The molecule has 3 aromatic rings. The Kier molecular flexibility index (Phi) is 6.75. The Morgan fingerprint density at radius 1 is 0.964 bits per heavy atom. The van der Waals surface area contributed by atoms with Crippen molar-refractivity contribution in [1.82, 2.24) is 10.3 Å². The van der Waals surface area contributed by atoms with Gasteiger partial charge < -0.3 is 10.6 Å². The van der Waals surface area contributed by atoms with E-state index in [0.717, 1.165) is 5.56 Å². The van der Waals surface area contributed by atoms with Crippen LogP contribution in [0.4, 0.5) is 10.1 Å². The zero-order valence-electron chi connectivity index (χ0n) is 14.9. The maximum atomic E-state index is 12.9. The second kappa shape index (κ2) is 9.66. The first-order valence-electron chi connectivity index (χ1n) is 8.56. The van der Waals surface area contributed by atoms with Crippen molar-refractivity contribution in [3.63, 3.8) is 0 Å². The van der Waals surface area contributed by atoms with Gasteiger partial charge in [0, 0.05) is 18.4 Å². The van der Waals surface area contributed by atoms with Crippen molar-refractivity contribution in [3.8, 4) is 0 Å².